The van der Waals surface area contributed by atoms with Crippen LogP contribution in [0.2, 0.25) is 0 Å². The second-order valence-electron chi connectivity index (χ2n) is 3.81. The van der Waals surface area contributed by atoms with E-state index in [2.05, 4.69) is 15.3 Å². The molecule has 1 atom stereocenters. The van der Waals surface area contributed by atoms with Gasteiger partial charge in [0.15, 0.2) is 0 Å². The number of thiophene rings is 1. The number of fused-ring (bicyclic) bond motifs is 1. The first-order chi connectivity index (χ1) is 8.43. The Balaban J connectivity index is 1.69. The lowest BCUT2D eigenvalue weighted by Gasteiger charge is -2.23. The van der Waals surface area contributed by atoms with E-state index < -0.39 is 0 Å². The van der Waals surface area contributed by atoms with Crippen LogP contribution in [0, 0.1) is 0 Å². The Bertz CT molecular complexity index is 496. The molecule has 1 N–H and O–H groups in total. The lowest BCUT2D eigenvalue weighted by molar-refractivity contribution is -0.0819. The van der Waals surface area contributed by atoms with Gasteiger partial charge in [-0.15, -0.1) is 11.3 Å². The van der Waals surface area contributed by atoms with Crippen LogP contribution in [0.4, 0.5) is 5.82 Å². The molecule has 0 bridgehead atoms. The van der Waals surface area contributed by atoms with Crippen LogP contribution in [0.1, 0.15) is 0 Å². The lowest BCUT2D eigenvalue weighted by atomic mass is 10.3. The van der Waals surface area contributed by atoms with Crippen molar-refractivity contribution in [2.24, 2.45) is 0 Å². The topological polar surface area (TPSA) is 56.3 Å². The number of aromatic nitrogens is 2. The van der Waals surface area contributed by atoms with E-state index in [0.29, 0.717) is 26.4 Å². The molecule has 0 saturated carbocycles. The van der Waals surface area contributed by atoms with E-state index in [1.165, 1.54) is 0 Å². The van der Waals surface area contributed by atoms with Crippen molar-refractivity contribution in [3.63, 3.8) is 0 Å². The van der Waals surface area contributed by atoms with Crippen LogP contribution in [0.25, 0.3) is 10.2 Å². The highest BCUT2D eigenvalue weighted by Gasteiger charge is 2.14. The first kappa shape index (κ1) is 10.9. The van der Waals surface area contributed by atoms with Crippen molar-refractivity contribution in [3.05, 3.63) is 17.8 Å². The minimum atomic E-state index is 0.105. The van der Waals surface area contributed by atoms with E-state index >= 15 is 0 Å². The van der Waals surface area contributed by atoms with Gasteiger partial charge in [0.05, 0.1) is 36.1 Å². The van der Waals surface area contributed by atoms with Gasteiger partial charge in [0.25, 0.3) is 0 Å². The molecule has 0 radical (unpaired) electrons. The average Bonchev–Trinajstić information content (AvgIpc) is 2.86. The Morgan fingerprint density at radius 2 is 2.41 bits per heavy atom. The molecule has 90 valence electrons. The zero-order valence-corrected chi connectivity index (χ0v) is 10.1. The maximum Gasteiger partial charge on any atom is 0.147 e. The standard InChI is InChI=1S/C11H13N3O2S/c1-4-17-10-9(1)13-7-14-11(10)12-5-8-6-15-2-3-16-8/h1,4,7-8H,2-3,5-6H2,(H,12,13,14). The summed E-state index contributed by atoms with van der Waals surface area (Å²) in [6, 6.07) is 1.99. The molecule has 2 aromatic heterocycles. The average molecular weight is 251 g/mol. The van der Waals surface area contributed by atoms with Gasteiger partial charge in [-0.05, 0) is 11.4 Å². The molecule has 0 aliphatic carbocycles. The second-order valence-corrected chi connectivity index (χ2v) is 4.72. The van der Waals surface area contributed by atoms with Gasteiger partial charge in [0.1, 0.15) is 12.1 Å². The Morgan fingerprint density at radius 3 is 3.29 bits per heavy atom. The summed E-state index contributed by atoms with van der Waals surface area (Å²) < 4.78 is 12.0. The molecule has 3 rings (SSSR count). The van der Waals surface area contributed by atoms with Gasteiger partial charge < -0.3 is 14.8 Å². The molecule has 1 aliphatic heterocycles. The normalized spacial score (nSPS) is 20.6. The van der Waals surface area contributed by atoms with E-state index in [1.807, 2.05) is 11.4 Å². The molecule has 17 heavy (non-hydrogen) atoms. The third-order valence-corrected chi connectivity index (χ3v) is 3.54. The van der Waals surface area contributed by atoms with Gasteiger partial charge in [-0.25, -0.2) is 9.97 Å². The highest BCUT2D eigenvalue weighted by Crippen LogP contribution is 2.24. The molecule has 3 heterocycles. The summed E-state index contributed by atoms with van der Waals surface area (Å²) in [5, 5.41) is 5.32. The number of ether oxygens (including phenoxy) is 2. The van der Waals surface area contributed by atoms with Crippen molar-refractivity contribution in [2.45, 2.75) is 6.10 Å². The van der Waals surface area contributed by atoms with E-state index in [9.17, 15) is 0 Å². The number of hydrogen-bond donors (Lipinski definition) is 1. The Labute approximate surface area is 103 Å². The molecule has 0 amide bonds. The molecule has 5 nitrogen and oxygen atoms in total. The number of nitrogens with zero attached hydrogens (tertiary/aromatic N) is 2. The summed E-state index contributed by atoms with van der Waals surface area (Å²) in [6.45, 7) is 2.72. The second kappa shape index (κ2) is 4.95. The zero-order chi connectivity index (χ0) is 11.5. The predicted octanol–water partition coefficient (Wildman–Crippen LogP) is 1.52. The van der Waals surface area contributed by atoms with Crippen molar-refractivity contribution in [1.82, 2.24) is 9.97 Å². The van der Waals surface area contributed by atoms with Gasteiger partial charge >= 0.3 is 0 Å². The smallest absolute Gasteiger partial charge is 0.147 e. The molecule has 1 fully saturated rings. The number of hydrogen-bond acceptors (Lipinski definition) is 6. The fourth-order valence-electron chi connectivity index (χ4n) is 1.78. The van der Waals surface area contributed by atoms with Gasteiger partial charge in [-0.2, -0.15) is 0 Å². The molecule has 1 unspecified atom stereocenters. The van der Waals surface area contributed by atoms with Gasteiger partial charge in [-0.3, -0.25) is 0 Å². The van der Waals surface area contributed by atoms with E-state index in [0.717, 1.165) is 16.0 Å². The van der Waals surface area contributed by atoms with Crippen LogP contribution in [-0.4, -0.2) is 42.4 Å². The lowest BCUT2D eigenvalue weighted by Crippen LogP contribution is -2.34. The van der Waals surface area contributed by atoms with E-state index in [-0.39, 0.29) is 6.10 Å². The summed E-state index contributed by atoms with van der Waals surface area (Å²) in [7, 11) is 0. The molecular formula is C11H13N3O2S. The van der Waals surface area contributed by atoms with Crippen LogP contribution in [0.3, 0.4) is 0 Å². The van der Waals surface area contributed by atoms with Crippen molar-refractivity contribution in [2.75, 3.05) is 31.7 Å². The SMILES string of the molecule is c1nc(NCC2COCCO2)c2sccc2n1. The fraction of sp³-hybridized carbons (Fsp3) is 0.455. The molecule has 1 aliphatic rings. The maximum absolute atomic E-state index is 5.57. The Kier molecular flexibility index (Phi) is 3.17. The molecule has 1 saturated heterocycles. The summed E-state index contributed by atoms with van der Waals surface area (Å²) in [5.74, 6) is 0.874. The highest BCUT2D eigenvalue weighted by atomic mass is 32.1. The number of nitrogens with one attached hydrogen (secondary N) is 1. The van der Waals surface area contributed by atoms with Crippen LogP contribution >= 0.6 is 11.3 Å². The molecule has 0 aromatic carbocycles. The first-order valence-corrected chi connectivity index (χ1v) is 6.43. The quantitative estimate of drug-likeness (QED) is 0.896. The van der Waals surface area contributed by atoms with Crippen molar-refractivity contribution in [1.29, 1.82) is 0 Å². The third-order valence-electron chi connectivity index (χ3n) is 2.63. The van der Waals surface area contributed by atoms with Gasteiger partial charge in [0, 0.05) is 6.54 Å². The largest absolute Gasteiger partial charge is 0.376 e. The first-order valence-electron chi connectivity index (χ1n) is 5.55. The Morgan fingerprint density at radius 1 is 1.41 bits per heavy atom. The van der Waals surface area contributed by atoms with Crippen LogP contribution in [-0.2, 0) is 9.47 Å². The number of rotatable bonds is 3. The Hall–Kier alpha value is -1.24. The highest BCUT2D eigenvalue weighted by molar-refractivity contribution is 7.17. The van der Waals surface area contributed by atoms with Gasteiger partial charge in [-0.1, -0.05) is 0 Å². The maximum atomic E-state index is 5.57. The minimum absolute atomic E-state index is 0.105. The summed E-state index contributed by atoms with van der Waals surface area (Å²) >= 11 is 1.64. The van der Waals surface area contributed by atoms with Crippen molar-refractivity contribution < 1.29 is 9.47 Å². The summed E-state index contributed by atoms with van der Waals surface area (Å²) in [6.07, 6.45) is 1.68. The molecule has 2 aromatic rings. The third kappa shape index (κ3) is 2.38. The minimum Gasteiger partial charge on any atom is -0.376 e. The van der Waals surface area contributed by atoms with Gasteiger partial charge in [0.2, 0.25) is 0 Å². The van der Waals surface area contributed by atoms with E-state index in [4.69, 9.17) is 9.47 Å². The van der Waals surface area contributed by atoms with E-state index in [1.54, 1.807) is 17.7 Å². The fourth-order valence-corrected chi connectivity index (χ4v) is 2.59. The summed E-state index contributed by atoms with van der Waals surface area (Å²) in [5.41, 5.74) is 0.980. The predicted molar refractivity (Wildman–Crippen MR) is 66.5 cm³/mol. The monoisotopic (exact) mass is 251 g/mol. The van der Waals surface area contributed by atoms with Crippen molar-refractivity contribution in [3.8, 4) is 0 Å². The summed E-state index contributed by atoms with van der Waals surface area (Å²) in [4.78, 5) is 8.46. The van der Waals surface area contributed by atoms with Crippen LogP contribution in [0.15, 0.2) is 17.8 Å². The molecule has 0 spiro atoms. The van der Waals surface area contributed by atoms with Crippen molar-refractivity contribution >= 4 is 27.4 Å². The zero-order valence-electron chi connectivity index (χ0n) is 9.26. The number of anilines is 1. The molecular weight excluding hydrogens is 238 g/mol. The molecule has 6 heteroatoms. The van der Waals surface area contributed by atoms with Crippen LogP contribution < -0.4 is 5.32 Å². The van der Waals surface area contributed by atoms with Crippen LogP contribution in [0.5, 0.6) is 0 Å².